The zero-order chi connectivity index (χ0) is 13.0. The van der Waals surface area contributed by atoms with Crippen LogP contribution in [0.15, 0.2) is 18.2 Å². The van der Waals surface area contributed by atoms with Gasteiger partial charge in [-0.05, 0) is 38.3 Å². The van der Waals surface area contributed by atoms with Gasteiger partial charge in [0.05, 0.1) is 0 Å². The monoisotopic (exact) mass is 251 g/mol. The quantitative estimate of drug-likeness (QED) is 0.867. The number of aryl methyl sites for hydroxylation is 1. The molecule has 1 aliphatic heterocycles. The molecule has 0 aliphatic carbocycles. The van der Waals surface area contributed by atoms with Crippen molar-refractivity contribution in [2.75, 3.05) is 19.8 Å². The summed E-state index contributed by atoms with van der Waals surface area (Å²) in [6.45, 7) is 6.58. The molecule has 1 fully saturated rings. The van der Waals surface area contributed by atoms with Crippen molar-refractivity contribution in [1.29, 1.82) is 0 Å². The fourth-order valence-corrected chi connectivity index (χ4v) is 2.60. The van der Waals surface area contributed by atoms with Gasteiger partial charge in [-0.1, -0.05) is 24.6 Å². The van der Waals surface area contributed by atoms with E-state index in [0.29, 0.717) is 5.92 Å². The van der Waals surface area contributed by atoms with Gasteiger partial charge in [-0.15, -0.1) is 0 Å². The first-order chi connectivity index (χ1) is 8.70. The number of ether oxygens (including phenoxy) is 1. The van der Waals surface area contributed by atoms with E-state index in [2.05, 4.69) is 12.2 Å². The van der Waals surface area contributed by atoms with Crippen molar-refractivity contribution >= 4 is 0 Å². The molecule has 1 aliphatic rings. The molecule has 0 aromatic heterocycles. The summed E-state index contributed by atoms with van der Waals surface area (Å²) in [6.07, 6.45) is 2.05. The van der Waals surface area contributed by atoms with Crippen LogP contribution in [-0.2, 0) is 4.74 Å². The molecule has 3 heteroatoms. The molecule has 1 N–H and O–H groups in total. The zero-order valence-electron chi connectivity index (χ0n) is 11.2. The van der Waals surface area contributed by atoms with Crippen LogP contribution in [0.2, 0.25) is 0 Å². The van der Waals surface area contributed by atoms with Crippen LogP contribution >= 0.6 is 0 Å². The van der Waals surface area contributed by atoms with Crippen molar-refractivity contribution in [3.05, 3.63) is 35.1 Å². The molecule has 1 aromatic rings. The van der Waals surface area contributed by atoms with E-state index >= 15 is 0 Å². The van der Waals surface area contributed by atoms with Crippen LogP contribution in [0, 0.1) is 18.7 Å². The standard InChI is InChI=1S/C15H22FNO/c1-3-17-15(9-12-6-7-18-10-12)13-8-11(2)4-5-14(13)16/h4-5,8,12,15,17H,3,6-7,9-10H2,1-2H3. The minimum atomic E-state index is -0.106. The second-order valence-corrected chi connectivity index (χ2v) is 5.10. The van der Waals surface area contributed by atoms with Gasteiger partial charge < -0.3 is 10.1 Å². The lowest BCUT2D eigenvalue weighted by Gasteiger charge is -2.22. The Morgan fingerprint density at radius 2 is 2.33 bits per heavy atom. The first-order valence-electron chi connectivity index (χ1n) is 6.78. The highest BCUT2D eigenvalue weighted by Crippen LogP contribution is 2.28. The summed E-state index contributed by atoms with van der Waals surface area (Å²) < 4.78 is 19.4. The van der Waals surface area contributed by atoms with Crippen molar-refractivity contribution < 1.29 is 9.13 Å². The van der Waals surface area contributed by atoms with Crippen LogP contribution in [0.25, 0.3) is 0 Å². The Bertz CT molecular complexity index is 388. The van der Waals surface area contributed by atoms with E-state index in [1.54, 1.807) is 6.07 Å². The van der Waals surface area contributed by atoms with E-state index < -0.39 is 0 Å². The topological polar surface area (TPSA) is 21.3 Å². The molecule has 0 bridgehead atoms. The smallest absolute Gasteiger partial charge is 0.127 e. The van der Waals surface area contributed by atoms with Crippen molar-refractivity contribution in [3.8, 4) is 0 Å². The van der Waals surface area contributed by atoms with E-state index in [4.69, 9.17) is 4.74 Å². The normalized spacial score (nSPS) is 21.2. The first-order valence-corrected chi connectivity index (χ1v) is 6.78. The molecule has 0 spiro atoms. The molecule has 100 valence electrons. The molecule has 2 unspecified atom stereocenters. The van der Waals surface area contributed by atoms with Gasteiger partial charge in [-0.2, -0.15) is 0 Å². The van der Waals surface area contributed by atoms with Crippen LogP contribution in [0.3, 0.4) is 0 Å². The predicted molar refractivity (Wildman–Crippen MR) is 71.1 cm³/mol. The number of nitrogens with one attached hydrogen (secondary N) is 1. The summed E-state index contributed by atoms with van der Waals surface area (Å²) in [5.41, 5.74) is 1.90. The number of hydrogen-bond donors (Lipinski definition) is 1. The summed E-state index contributed by atoms with van der Waals surface area (Å²) in [6, 6.07) is 5.45. The molecule has 2 atom stereocenters. The Labute approximate surface area is 109 Å². The van der Waals surface area contributed by atoms with Crippen LogP contribution in [-0.4, -0.2) is 19.8 Å². The highest BCUT2D eigenvalue weighted by molar-refractivity contribution is 5.27. The molecule has 2 nitrogen and oxygen atoms in total. The van der Waals surface area contributed by atoms with Gasteiger partial charge in [0.25, 0.3) is 0 Å². The SMILES string of the molecule is CCNC(CC1CCOC1)c1cc(C)ccc1F. The lowest BCUT2D eigenvalue weighted by Crippen LogP contribution is -2.24. The average molecular weight is 251 g/mol. The maximum atomic E-state index is 13.9. The molecule has 0 amide bonds. The minimum Gasteiger partial charge on any atom is -0.381 e. The van der Waals surface area contributed by atoms with Gasteiger partial charge in [-0.25, -0.2) is 4.39 Å². The van der Waals surface area contributed by atoms with E-state index in [0.717, 1.165) is 43.7 Å². The fraction of sp³-hybridized carbons (Fsp3) is 0.600. The highest BCUT2D eigenvalue weighted by Gasteiger charge is 2.23. The van der Waals surface area contributed by atoms with Gasteiger partial charge in [0.1, 0.15) is 5.82 Å². The van der Waals surface area contributed by atoms with Crippen LogP contribution in [0.5, 0.6) is 0 Å². The molecule has 1 aromatic carbocycles. The third-order valence-corrected chi connectivity index (χ3v) is 3.57. The minimum absolute atomic E-state index is 0.0987. The van der Waals surface area contributed by atoms with Crippen molar-refractivity contribution in [2.45, 2.75) is 32.7 Å². The summed E-state index contributed by atoms with van der Waals surface area (Å²) in [5.74, 6) is 0.444. The zero-order valence-corrected chi connectivity index (χ0v) is 11.2. The number of halogens is 1. The second-order valence-electron chi connectivity index (χ2n) is 5.10. The first kappa shape index (κ1) is 13.5. The largest absolute Gasteiger partial charge is 0.381 e. The van der Waals surface area contributed by atoms with E-state index in [1.807, 2.05) is 19.1 Å². The molecule has 1 saturated heterocycles. The Balaban J connectivity index is 2.14. The second kappa shape index (κ2) is 6.30. The van der Waals surface area contributed by atoms with E-state index in [1.165, 1.54) is 0 Å². The Morgan fingerprint density at radius 3 is 3.00 bits per heavy atom. The van der Waals surface area contributed by atoms with E-state index in [-0.39, 0.29) is 11.9 Å². The molecular formula is C15H22FNO. The van der Waals surface area contributed by atoms with Crippen molar-refractivity contribution in [2.24, 2.45) is 5.92 Å². The molecule has 0 saturated carbocycles. The fourth-order valence-electron chi connectivity index (χ4n) is 2.60. The maximum Gasteiger partial charge on any atom is 0.127 e. The number of rotatable bonds is 5. The molecule has 0 radical (unpaired) electrons. The van der Waals surface area contributed by atoms with Crippen molar-refractivity contribution in [1.82, 2.24) is 5.32 Å². The Morgan fingerprint density at radius 1 is 1.50 bits per heavy atom. The van der Waals surface area contributed by atoms with E-state index in [9.17, 15) is 4.39 Å². The lowest BCUT2D eigenvalue weighted by atomic mass is 9.93. The average Bonchev–Trinajstić information content (AvgIpc) is 2.85. The molecule has 1 heterocycles. The summed E-state index contributed by atoms with van der Waals surface area (Å²) in [4.78, 5) is 0. The van der Waals surface area contributed by atoms with Gasteiger partial charge in [0.15, 0.2) is 0 Å². The Hall–Kier alpha value is -0.930. The number of hydrogen-bond acceptors (Lipinski definition) is 2. The van der Waals surface area contributed by atoms with Crippen LogP contribution in [0.1, 0.15) is 36.9 Å². The predicted octanol–water partition coefficient (Wildman–Crippen LogP) is 3.21. The Kier molecular flexibility index (Phi) is 4.72. The van der Waals surface area contributed by atoms with Crippen LogP contribution in [0.4, 0.5) is 4.39 Å². The third kappa shape index (κ3) is 3.30. The maximum absolute atomic E-state index is 13.9. The van der Waals surface area contributed by atoms with Gasteiger partial charge in [-0.3, -0.25) is 0 Å². The van der Waals surface area contributed by atoms with Crippen LogP contribution < -0.4 is 5.32 Å². The summed E-state index contributed by atoms with van der Waals surface area (Å²) >= 11 is 0. The summed E-state index contributed by atoms with van der Waals surface area (Å²) in [5, 5.41) is 3.40. The summed E-state index contributed by atoms with van der Waals surface area (Å²) in [7, 11) is 0. The lowest BCUT2D eigenvalue weighted by molar-refractivity contribution is 0.181. The molecule has 18 heavy (non-hydrogen) atoms. The van der Waals surface area contributed by atoms with Gasteiger partial charge >= 0.3 is 0 Å². The van der Waals surface area contributed by atoms with Gasteiger partial charge in [0.2, 0.25) is 0 Å². The molecular weight excluding hydrogens is 229 g/mol. The third-order valence-electron chi connectivity index (χ3n) is 3.57. The molecule has 2 rings (SSSR count). The highest BCUT2D eigenvalue weighted by atomic mass is 19.1. The van der Waals surface area contributed by atoms with Gasteiger partial charge in [0, 0.05) is 24.8 Å². The number of benzene rings is 1. The van der Waals surface area contributed by atoms with Crippen molar-refractivity contribution in [3.63, 3.8) is 0 Å².